The van der Waals surface area contributed by atoms with E-state index in [-0.39, 0.29) is 6.10 Å². The van der Waals surface area contributed by atoms with Crippen LogP contribution in [-0.4, -0.2) is 77.2 Å². The van der Waals surface area contributed by atoms with Gasteiger partial charge in [0.25, 0.3) is 5.88 Å². The molecule has 3 saturated heterocycles. The summed E-state index contributed by atoms with van der Waals surface area (Å²) in [6.07, 6.45) is 9.08. The minimum atomic E-state index is 0.117. The van der Waals surface area contributed by atoms with Gasteiger partial charge in [-0.2, -0.15) is 0 Å². The lowest BCUT2D eigenvalue weighted by molar-refractivity contribution is 0.0717. The Labute approximate surface area is 151 Å². The Balaban J connectivity index is 1.38. The van der Waals surface area contributed by atoms with Crippen LogP contribution in [0.1, 0.15) is 39.5 Å². The van der Waals surface area contributed by atoms with Gasteiger partial charge in [-0.25, -0.2) is 9.97 Å². The van der Waals surface area contributed by atoms with Crippen molar-refractivity contribution in [2.75, 3.05) is 38.1 Å². The molecule has 0 amide bonds. The largest absolute Gasteiger partial charge is 0.472 e. The molecule has 0 spiro atoms. The van der Waals surface area contributed by atoms with Crippen molar-refractivity contribution in [1.29, 1.82) is 0 Å². The fourth-order valence-electron chi connectivity index (χ4n) is 4.82. The second-order valence-corrected chi connectivity index (χ2v) is 8.05. The van der Waals surface area contributed by atoms with Crippen LogP contribution in [0.5, 0.6) is 5.88 Å². The van der Waals surface area contributed by atoms with E-state index in [9.17, 15) is 0 Å². The average molecular weight is 345 g/mol. The van der Waals surface area contributed by atoms with Gasteiger partial charge in [0.1, 0.15) is 0 Å². The molecule has 3 aliphatic rings. The summed E-state index contributed by atoms with van der Waals surface area (Å²) in [5, 5.41) is 0. The molecular weight excluding hydrogens is 314 g/mol. The van der Waals surface area contributed by atoms with E-state index in [4.69, 9.17) is 4.74 Å². The number of rotatable bonds is 4. The van der Waals surface area contributed by atoms with Crippen molar-refractivity contribution in [3.05, 3.63) is 12.4 Å². The molecule has 3 fully saturated rings. The fourth-order valence-corrected chi connectivity index (χ4v) is 4.82. The van der Waals surface area contributed by atoms with E-state index >= 15 is 0 Å². The smallest absolute Gasteiger partial charge is 0.257 e. The molecule has 3 aliphatic heterocycles. The number of aromatic nitrogens is 2. The first-order valence-electron chi connectivity index (χ1n) is 9.80. The summed E-state index contributed by atoms with van der Waals surface area (Å²) in [6, 6.07) is 2.39. The Hall–Kier alpha value is -1.40. The van der Waals surface area contributed by atoms with Gasteiger partial charge in [-0.1, -0.05) is 0 Å². The van der Waals surface area contributed by atoms with E-state index in [1.54, 1.807) is 12.4 Å². The summed E-state index contributed by atoms with van der Waals surface area (Å²) in [7, 11) is 2.32. The predicted octanol–water partition coefficient (Wildman–Crippen LogP) is 2.01. The summed E-state index contributed by atoms with van der Waals surface area (Å²) < 4.78 is 5.86. The molecule has 1 aromatic heterocycles. The van der Waals surface area contributed by atoms with Crippen LogP contribution in [0.4, 0.5) is 5.82 Å². The molecule has 1 unspecified atom stereocenters. The van der Waals surface area contributed by atoms with Crippen molar-refractivity contribution in [3.8, 4) is 5.88 Å². The maximum Gasteiger partial charge on any atom is 0.257 e. The van der Waals surface area contributed by atoms with Gasteiger partial charge in [0.15, 0.2) is 5.82 Å². The third kappa shape index (κ3) is 3.47. The topological polar surface area (TPSA) is 44.7 Å². The minimum Gasteiger partial charge on any atom is -0.472 e. The fraction of sp³-hybridized carbons (Fsp3) is 0.789. The van der Waals surface area contributed by atoms with Gasteiger partial charge in [-0.15, -0.1) is 0 Å². The molecule has 0 aromatic carbocycles. The third-order valence-corrected chi connectivity index (χ3v) is 6.20. The lowest BCUT2D eigenvalue weighted by Crippen LogP contribution is -2.55. The second kappa shape index (κ2) is 7.08. The molecule has 0 radical (unpaired) electrons. The highest BCUT2D eigenvalue weighted by atomic mass is 16.5. The van der Waals surface area contributed by atoms with E-state index in [1.165, 1.54) is 25.7 Å². The summed E-state index contributed by atoms with van der Waals surface area (Å²) >= 11 is 0. The first-order chi connectivity index (χ1) is 12.1. The number of ether oxygens (including phenoxy) is 1. The Morgan fingerprint density at radius 3 is 2.24 bits per heavy atom. The minimum absolute atomic E-state index is 0.117. The highest BCUT2D eigenvalue weighted by Gasteiger charge is 2.40. The lowest BCUT2D eigenvalue weighted by Gasteiger charge is -2.45. The van der Waals surface area contributed by atoms with Gasteiger partial charge in [0, 0.05) is 56.7 Å². The van der Waals surface area contributed by atoms with Gasteiger partial charge in [-0.05, 0) is 46.6 Å². The maximum absolute atomic E-state index is 5.86. The van der Waals surface area contributed by atoms with Crippen LogP contribution in [0.25, 0.3) is 0 Å². The molecule has 138 valence electrons. The molecule has 4 heterocycles. The molecule has 0 aliphatic carbocycles. The van der Waals surface area contributed by atoms with Crippen LogP contribution in [0.3, 0.4) is 0 Å². The zero-order valence-electron chi connectivity index (χ0n) is 15.8. The Morgan fingerprint density at radius 1 is 0.960 bits per heavy atom. The Kier molecular flexibility index (Phi) is 4.82. The van der Waals surface area contributed by atoms with Gasteiger partial charge >= 0.3 is 0 Å². The molecule has 2 bridgehead atoms. The van der Waals surface area contributed by atoms with Crippen LogP contribution in [0, 0.1) is 0 Å². The second-order valence-electron chi connectivity index (χ2n) is 8.05. The Bertz CT molecular complexity index is 573. The number of nitrogens with zero attached hydrogens (tertiary/aromatic N) is 5. The van der Waals surface area contributed by atoms with Crippen molar-refractivity contribution < 1.29 is 4.74 Å². The molecule has 6 nitrogen and oxygen atoms in total. The van der Waals surface area contributed by atoms with Crippen LogP contribution >= 0.6 is 0 Å². The SMILES string of the molecule is CC(C)Oc1nccnc1N1CCN(C2C[C@H]3CC[C@@H](C2)N3C)CC1. The van der Waals surface area contributed by atoms with Crippen molar-refractivity contribution in [3.63, 3.8) is 0 Å². The number of hydrogen-bond donors (Lipinski definition) is 0. The maximum atomic E-state index is 5.86. The molecule has 0 saturated carbocycles. The number of piperidine rings is 1. The van der Waals surface area contributed by atoms with Gasteiger partial charge in [0.05, 0.1) is 6.10 Å². The highest BCUT2D eigenvalue weighted by molar-refractivity contribution is 5.48. The van der Waals surface area contributed by atoms with E-state index < -0.39 is 0 Å². The van der Waals surface area contributed by atoms with Crippen molar-refractivity contribution >= 4 is 5.82 Å². The van der Waals surface area contributed by atoms with Gasteiger partial charge < -0.3 is 14.5 Å². The van der Waals surface area contributed by atoms with E-state index in [0.29, 0.717) is 5.88 Å². The first kappa shape index (κ1) is 17.0. The van der Waals surface area contributed by atoms with Gasteiger partial charge in [-0.3, -0.25) is 4.90 Å². The molecule has 25 heavy (non-hydrogen) atoms. The summed E-state index contributed by atoms with van der Waals surface area (Å²) in [5.74, 6) is 1.57. The highest BCUT2D eigenvalue weighted by Crippen LogP contribution is 2.36. The molecule has 4 rings (SSSR count). The number of anilines is 1. The van der Waals surface area contributed by atoms with Crippen LogP contribution in [0.2, 0.25) is 0 Å². The van der Waals surface area contributed by atoms with Crippen molar-refractivity contribution in [2.24, 2.45) is 0 Å². The van der Waals surface area contributed by atoms with Gasteiger partial charge in [0.2, 0.25) is 0 Å². The molecule has 6 heteroatoms. The zero-order valence-corrected chi connectivity index (χ0v) is 15.8. The van der Waals surface area contributed by atoms with Crippen molar-refractivity contribution in [1.82, 2.24) is 19.8 Å². The number of piperazine rings is 1. The summed E-state index contributed by atoms with van der Waals surface area (Å²) in [5.41, 5.74) is 0. The van der Waals surface area contributed by atoms with E-state index in [1.807, 2.05) is 13.8 Å². The zero-order chi connectivity index (χ0) is 17.4. The molecule has 3 atom stereocenters. The average Bonchev–Trinajstić information content (AvgIpc) is 2.83. The van der Waals surface area contributed by atoms with E-state index in [0.717, 1.165) is 50.1 Å². The molecule has 1 aromatic rings. The van der Waals surface area contributed by atoms with Crippen molar-refractivity contribution in [2.45, 2.75) is 63.8 Å². The van der Waals surface area contributed by atoms with Crippen LogP contribution < -0.4 is 9.64 Å². The quantitative estimate of drug-likeness (QED) is 0.832. The summed E-state index contributed by atoms with van der Waals surface area (Å²) in [6.45, 7) is 8.32. The lowest BCUT2D eigenvalue weighted by atomic mass is 9.96. The Morgan fingerprint density at radius 2 is 1.60 bits per heavy atom. The molecular formula is C19H31N5O. The predicted molar refractivity (Wildman–Crippen MR) is 99.2 cm³/mol. The van der Waals surface area contributed by atoms with Crippen LogP contribution in [0.15, 0.2) is 12.4 Å². The normalized spacial score (nSPS) is 30.9. The standard InChI is InChI=1S/C19H31N5O/c1-14(2)25-19-18(20-6-7-21-19)24-10-8-23(9-11-24)17-12-15-4-5-16(13-17)22(15)3/h6-7,14-17H,4-5,8-13H2,1-3H3/t15-,16+,17?. The number of fused-ring (bicyclic) bond motifs is 2. The molecule has 0 N–H and O–H groups in total. The third-order valence-electron chi connectivity index (χ3n) is 6.20. The number of hydrogen-bond acceptors (Lipinski definition) is 6. The van der Waals surface area contributed by atoms with Crippen LogP contribution in [-0.2, 0) is 0 Å². The first-order valence-corrected chi connectivity index (χ1v) is 9.80. The summed E-state index contributed by atoms with van der Waals surface area (Å²) in [4.78, 5) is 16.6. The monoisotopic (exact) mass is 345 g/mol. The van der Waals surface area contributed by atoms with E-state index in [2.05, 4.69) is 31.7 Å².